The monoisotopic (exact) mass is 278 g/mol. The summed E-state index contributed by atoms with van der Waals surface area (Å²) in [6.45, 7) is 0.482. The summed E-state index contributed by atoms with van der Waals surface area (Å²) in [6, 6.07) is 11.4. The van der Waals surface area contributed by atoms with Crippen molar-refractivity contribution in [2.45, 2.75) is 6.61 Å². The molecule has 0 saturated carbocycles. The number of ether oxygens (including phenoxy) is 1. The lowest BCUT2D eigenvalue weighted by atomic mass is 10.2. The third kappa shape index (κ3) is 2.97. The minimum Gasteiger partial charge on any atom is -0.473 e. The number of anilines is 1. The van der Waals surface area contributed by atoms with Crippen LogP contribution in [0.2, 0.25) is 0 Å². The molecule has 1 aromatic carbocycles. The lowest BCUT2D eigenvalue weighted by molar-refractivity contribution is 0.294. The van der Waals surface area contributed by atoms with Crippen LogP contribution < -0.4 is 10.5 Å². The van der Waals surface area contributed by atoms with Gasteiger partial charge in [-0.15, -0.1) is 0 Å². The number of nitrogens with zero attached hydrogens (tertiary/aromatic N) is 1. The molecule has 0 unspecified atom stereocenters. The summed E-state index contributed by atoms with van der Waals surface area (Å²) in [5.74, 6) is 0.542. The SMILES string of the molecule is Nc1ccnc(OCc2cccc(Br)c2)c1. The van der Waals surface area contributed by atoms with E-state index < -0.39 is 0 Å². The molecule has 0 atom stereocenters. The Morgan fingerprint density at radius 2 is 2.12 bits per heavy atom. The van der Waals surface area contributed by atoms with E-state index >= 15 is 0 Å². The Hall–Kier alpha value is -1.55. The number of hydrogen-bond acceptors (Lipinski definition) is 3. The number of hydrogen-bond donors (Lipinski definition) is 1. The second-order valence-electron chi connectivity index (χ2n) is 3.35. The van der Waals surface area contributed by atoms with Crippen molar-refractivity contribution in [3.63, 3.8) is 0 Å². The minimum absolute atomic E-state index is 0.482. The normalized spacial score (nSPS) is 10.1. The molecular weight excluding hydrogens is 268 g/mol. The molecule has 1 aromatic heterocycles. The highest BCUT2D eigenvalue weighted by molar-refractivity contribution is 9.10. The molecule has 0 bridgehead atoms. The van der Waals surface area contributed by atoms with Gasteiger partial charge in [0.1, 0.15) is 6.61 Å². The standard InChI is InChI=1S/C12H11BrN2O/c13-10-3-1-2-9(6-10)8-16-12-7-11(14)4-5-15-12/h1-7H,8H2,(H2,14,15). The Balaban J connectivity index is 2.02. The molecule has 1 heterocycles. The molecule has 0 fully saturated rings. The van der Waals surface area contributed by atoms with E-state index in [9.17, 15) is 0 Å². The third-order valence-corrected chi connectivity index (χ3v) is 2.53. The number of nitrogen functional groups attached to an aromatic ring is 1. The van der Waals surface area contributed by atoms with Crippen LogP contribution in [-0.4, -0.2) is 4.98 Å². The number of aromatic nitrogens is 1. The van der Waals surface area contributed by atoms with Gasteiger partial charge in [-0.05, 0) is 23.8 Å². The number of halogens is 1. The fourth-order valence-electron chi connectivity index (χ4n) is 1.29. The van der Waals surface area contributed by atoms with Crippen LogP contribution >= 0.6 is 15.9 Å². The summed E-state index contributed by atoms with van der Waals surface area (Å²) >= 11 is 3.41. The topological polar surface area (TPSA) is 48.1 Å². The van der Waals surface area contributed by atoms with Crippen LogP contribution in [0.15, 0.2) is 47.1 Å². The van der Waals surface area contributed by atoms with E-state index in [2.05, 4.69) is 20.9 Å². The van der Waals surface area contributed by atoms with Crippen LogP contribution in [0.1, 0.15) is 5.56 Å². The van der Waals surface area contributed by atoms with E-state index in [4.69, 9.17) is 10.5 Å². The molecule has 82 valence electrons. The van der Waals surface area contributed by atoms with Gasteiger partial charge >= 0.3 is 0 Å². The first-order valence-corrected chi connectivity index (χ1v) is 5.62. The van der Waals surface area contributed by atoms with Crippen molar-refractivity contribution in [1.82, 2.24) is 4.98 Å². The van der Waals surface area contributed by atoms with Gasteiger partial charge in [-0.2, -0.15) is 0 Å². The van der Waals surface area contributed by atoms with Crippen molar-refractivity contribution in [3.05, 3.63) is 52.6 Å². The highest BCUT2D eigenvalue weighted by Crippen LogP contribution is 2.15. The van der Waals surface area contributed by atoms with E-state index in [0.29, 0.717) is 18.2 Å². The fraction of sp³-hybridized carbons (Fsp3) is 0.0833. The summed E-state index contributed by atoms with van der Waals surface area (Å²) in [6.07, 6.45) is 1.63. The first-order chi connectivity index (χ1) is 7.74. The van der Waals surface area contributed by atoms with Crippen molar-refractivity contribution in [2.24, 2.45) is 0 Å². The van der Waals surface area contributed by atoms with E-state index in [0.717, 1.165) is 10.0 Å². The predicted molar refractivity (Wildman–Crippen MR) is 67.1 cm³/mol. The molecule has 0 aliphatic carbocycles. The number of pyridine rings is 1. The van der Waals surface area contributed by atoms with Gasteiger partial charge in [0.25, 0.3) is 0 Å². The van der Waals surface area contributed by atoms with E-state index in [1.54, 1.807) is 18.3 Å². The Labute approximate surface area is 102 Å². The molecule has 2 N–H and O–H groups in total. The Bertz CT molecular complexity index is 442. The zero-order valence-corrected chi connectivity index (χ0v) is 10.1. The van der Waals surface area contributed by atoms with Crippen LogP contribution in [0.25, 0.3) is 0 Å². The molecule has 0 amide bonds. The van der Waals surface area contributed by atoms with Gasteiger partial charge < -0.3 is 10.5 Å². The molecule has 2 rings (SSSR count). The average Bonchev–Trinajstić information content (AvgIpc) is 2.27. The summed E-state index contributed by atoms with van der Waals surface area (Å²) < 4.78 is 6.55. The second kappa shape index (κ2) is 4.99. The van der Waals surface area contributed by atoms with Gasteiger partial charge in [0.05, 0.1) is 0 Å². The van der Waals surface area contributed by atoms with Gasteiger partial charge in [-0.25, -0.2) is 4.98 Å². The van der Waals surface area contributed by atoms with Crippen LogP contribution in [0, 0.1) is 0 Å². The molecule has 0 spiro atoms. The van der Waals surface area contributed by atoms with Crippen LogP contribution in [0.3, 0.4) is 0 Å². The molecular formula is C12H11BrN2O. The Morgan fingerprint density at radius 3 is 2.88 bits per heavy atom. The van der Waals surface area contributed by atoms with Gasteiger partial charge in [-0.3, -0.25) is 0 Å². The van der Waals surface area contributed by atoms with Crippen LogP contribution in [0.5, 0.6) is 5.88 Å². The van der Waals surface area contributed by atoms with Gasteiger partial charge in [0, 0.05) is 22.4 Å². The third-order valence-electron chi connectivity index (χ3n) is 2.03. The van der Waals surface area contributed by atoms with Gasteiger partial charge in [0.2, 0.25) is 5.88 Å². The van der Waals surface area contributed by atoms with Gasteiger partial charge in [0.15, 0.2) is 0 Å². The molecule has 0 saturated heterocycles. The highest BCUT2D eigenvalue weighted by Gasteiger charge is 1.98. The number of rotatable bonds is 3. The lowest BCUT2D eigenvalue weighted by Gasteiger charge is -2.05. The zero-order chi connectivity index (χ0) is 11.4. The number of benzene rings is 1. The maximum absolute atomic E-state index is 5.62. The first kappa shape index (κ1) is 11.0. The molecule has 0 radical (unpaired) electrons. The Kier molecular flexibility index (Phi) is 3.41. The van der Waals surface area contributed by atoms with Crippen molar-refractivity contribution in [2.75, 3.05) is 5.73 Å². The smallest absolute Gasteiger partial charge is 0.215 e. The minimum atomic E-state index is 0.482. The molecule has 3 nitrogen and oxygen atoms in total. The maximum Gasteiger partial charge on any atom is 0.215 e. The summed E-state index contributed by atoms with van der Waals surface area (Å²) in [7, 11) is 0. The van der Waals surface area contributed by atoms with Crippen molar-refractivity contribution < 1.29 is 4.74 Å². The molecule has 2 aromatic rings. The predicted octanol–water partition coefficient (Wildman–Crippen LogP) is 3.01. The van der Waals surface area contributed by atoms with E-state index in [1.165, 1.54) is 0 Å². The lowest BCUT2D eigenvalue weighted by Crippen LogP contribution is -1.97. The van der Waals surface area contributed by atoms with Gasteiger partial charge in [-0.1, -0.05) is 28.1 Å². The number of nitrogens with two attached hydrogens (primary N) is 1. The summed E-state index contributed by atoms with van der Waals surface area (Å²) in [5, 5.41) is 0. The zero-order valence-electron chi connectivity index (χ0n) is 8.56. The fourth-order valence-corrected chi connectivity index (χ4v) is 1.73. The molecule has 16 heavy (non-hydrogen) atoms. The molecule has 4 heteroatoms. The van der Waals surface area contributed by atoms with Crippen molar-refractivity contribution in [3.8, 4) is 5.88 Å². The van der Waals surface area contributed by atoms with Crippen molar-refractivity contribution >= 4 is 21.6 Å². The quantitative estimate of drug-likeness (QED) is 0.939. The Morgan fingerprint density at radius 1 is 1.25 bits per heavy atom. The second-order valence-corrected chi connectivity index (χ2v) is 4.26. The largest absolute Gasteiger partial charge is 0.473 e. The maximum atomic E-state index is 5.62. The average molecular weight is 279 g/mol. The molecule has 0 aliphatic heterocycles. The first-order valence-electron chi connectivity index (χ1n) is 4.83. The molecule has 0 aliphatic rings. The van der Waals surface area contributed by atoms with Crippen LogP contribution in [-0.2, 0) is 6.61 Å². The van der Waals surface area contributed by atoms with E-state index in [1.807, 2.05) is 24.3 Å². The summed E-state index contributed by atoms with van der Waals surface area (Å²) in [4.78, 5) is 4.06. The summed E-state index contributed by atoms with van der Waals surface area (Å²) in [5.41, 5.74) is 7.36. The highest BCUT2D eigenvalue weighted by atomic mass is 79.9. The van der Waals surface area contributed by atoms with Crippen LogP contribution in [0.4, 0.5) is 5.69 Å². The van der Waals surface area contributed by atoms with Crippen molar-refractivity contribution in [1.29, 1.82) is 0 Å². The van der Waals surface area contributed by atoms with E-state index in [-0.39, 0.29) is 0 Å².